The molecule has 1 spiro atoms. The highest BCUT2D eigenvalue weighted by Crippen LogP contribution is 2.42. The Hall–Kier alpha value is -2.05. The average Bonchev–Trinajstić information content (AvgIpc) is 2.57. The summed E-state index contributed by atoms with van der Waals surface area (Å²) in [5, 5.41) is 4.12. The minimum absolute atomic E-state index is 0.0755. The molecule has 2 fully saturated rings. The van der Waals surface area contributed by atoms with Gasteiger partial charge in [0.2, 0.25) is 0 Å². The molecule has 0 N–H and O–H groups in total. The molecule has 0 atom stereocenters. The van der Waals surface area contributed by atoms with Crippen molar-refractivity contribution < 1.29 is 9.53 Å². The van der Waals surface area contributed by atoms with Gasteiger partial charge in [0.25, 0.3) is 5.56 Å². The lowest BCUT2D eigenvalue weighted by molar-refractivity contribution is 0.00666. The van der Waals surface area contributed by atoms with E-state index in [0.29, 0.717) is 5.41 Å². The Kier molecular flexibility index (Phi) is 4.99. The van der Waals surface area contributed by atoms with E-state index >= 15 is 0 Å². The Morgan fingerprint density at radius 2 is 1.69 bits per heavy atom. The van der Waals surface area contributed by atoms with Crippen molar-refractivity contribution in [3.63, 3.8) is 0 Å². The normalized spacial score (nSPS) is 20.3. The minimum atomic E-state index is -0.446. The van der Waals surface area contributed by atoms with Crippen molar-refractivity contribution in [1.29, 1.82) is 0 Å². The second-order valence-electron chi connectivity index (χ2n) is 8.63. The van der Waals surface area contributed by atoms with Gasteiger partial charge in [-0.25, -0.2) is 9.48 Å². The number of anilines is 1. The van der Waals surface area contributed by atoms with Gasteiger partial charge in [0.1, 0.15) is 5.60 Å². The first-order chi connectivity index (χ1) is 12.2. The number of amides is 1. The molecule has 0 bridgehead atoms. The van der Waals surface area contributed by atoms with E-state index in [1.807, 2.05) is 25.7 Å². The van der Waals surface area contributed by atoms with Crippen molar-refractivity contribution in [2.75, 3.05) is 31.1 Å². The largest absolute Gasteiger partial charge is 0.444 e. The summed E-state index contributed by atoms with van der Waals surface area (Å²) in [6.07, 6.45) is 5.79. The van der Waals surface area contributed by atoms with Gasteiger partial charge in [-0.05, 0) is 51.9 Å². The van der Waals surface area contributed by atoms with Gasteiger partial charge in [-0.2, -0.15) is 5.10 Å². The van der Waals surface area contributed by atoms with Crippen molar-refractivity contribution in [2.24, 2.45) is 12.5 Å². The highest BCUT2D eigenvalue weighted by atomic mass is 16.6. The van der Waals surface area contributed by atoms with Crippen LogP contribution in [0.5, 0.6) is 0 Å². The molecule has 7 heteroatoms. The molecular formula is C19H30N4O3. The number of hydrogen-bond donors (Lipinski definition) is 0. The van der Waals surface area contributed by atoms with Crippen LogP contribution < -0.4 is 10.5 Å². The maximum Gasteiger partial charge on any atom is 0.410 e. The average molecular weight is 362 g/mol. The third-order valence-corrected chi connectivity index (χ3v) is 5.62. The van der Waals surface area contributed by atoms with Crippen LogP contribution in [0.3, 0.4) is 0 Å². The van der Waals surface area contributed by atoms with E-state index in [4.69, 9.17) is 4.74 Å². The molecule has 2 aliphatic heterocycles. The maximum atomic E-state index is 12.2. The molecule has 0 saturated carbocycles. The second kappa shape index (κ2) is 6.93. The predicted octanol–water partition coefficient (Wildman–Crippen LogP) is 2.40. The third-order valence-electron chi connectivity index (χ3n) is 5.62. The molecular weight excluding hydrogens is 332 g/mol. The first-order valence-corrected chi connectivity index (χ1v) is 9.44. The number of nitrogens with zero attached hydrogens (tertiary/aromatic N) is 4. The van der Waals surface area contributed by atoms with E-state index in [1.165, 1.54) is 4.68 Å². The summed E-state index contributed by atoms with van der Waals surface area (Å²) in [6.45, 7) is 9.10. The molecule has 2 saturated heterocycles. The lowest BCUT2D eigenvalue weighted by Crippen LogP contribution is -2.49. The van der Waals surface area contributed by atoms with E-state index in [-0.39, 0.29) is 11.7 Å². The topological polar surface area (TPSA) is 67.7 Å². The molecule has 1 amide bonds. The Labute approximate surface area is 154 Å². The Morgan fingerprint density at radius 1 is 1.12 bits per heavy atom. The quantitative estimate of drug-likeness (QED) is 0.767. The van der Waals surface area contributed by atoms with Crippen LogP contribution in [0.15, 0.2) is 17.1 Å². The van der Waals surface area contributed by atoms with Crippen LogP contribution in [0.2, 0.25) is 0 Å². The molecule has 144 valence electrons. The molecule has 26 heavy (non-hydrogen) atoms. The van der Waals surface area contributed by atoms with Gasteiger partial charge >= 0.3 is 6.09 Å². The van der Waals surface area contributed by atoms with Crippen molar-refractivity contribution in [3.8, 4) is 0 Å². The van der Waals surface area contributed by atoms with Crippen molar-refractivity contribution in [2.45, 2.75) is 52.1 Å². The van der Waals surface area contributed by atoms with Crippen molar-refractivity contribution in [1.82, 2.24) is 14.7 Å². The van der Waals surface area contributed by atoms with Crippen LogP contribution in [0.25, 0.3) is 0 Å². The third kappa shape index (κ3) is 4.19. The van der Waals surface area contributed by atoms with Gasteiger partial charge in [-0.3, -0.25) is 4.79 Å². The minimum Gasteiger partial charge on any atom is -0.444 e. The monoisotopic (exact) mass is 362 g/mol. The number of aryl methyl sites for hydroxylation is 1. The van der Waals surface area contributed by atoms with E-state index in [0.717, 1.165) is 57.5 Å². The van der Waals surface area contributed by atoms with Gasteiger partial charge in [-0.15, -0.1) is 0 Å². The van der Waals surface area contributed by atoms with Gasteiger partial charge in [0.05, 0.1) is 11.9 Å². The number of ether oxygens (including phenoxy) is 1. The molecule has 0 aromatic carbocycles. The van der Waals surface area contributed by atoms with Crippen molar-refractivity contribution >= 4 is 11.8 Å². The van der Waals surface area contributed by atoms with Gasteiger partial charge in [-0.1, -0.05) is 0 Å². The zero-order valence-electron chi connectivity index (χ0n) is 16.3. The molecule has 3 rings (SSSR count). The molecule has 1 aromatic heterocycles. The second-order valence-corrected chi connectivity index (χ2v) is 8.63. The Bertz CT molecular complexity index is 704. The Morgan fingerprint density at radius 3 is 2.23 bits per heavy atom. The molecule has 7 nitrogen and oxygen atoms in total. The van der Waals surface area contributed by atoms with Crippen LogP contribution in [0.4, 0.5) is 10.5 Å². The van der Waals surface area contributed by atoms with Gasteiger partial charge in [0, 0.05) is 39.3 Å². The number of aromatic nitrogens is 2. The fourth-order valence-electron chi connectivity index (χ4n) is 3.86. The molecule has 0 radical (unpaired) electrons. The zero-order chi connectivity index (χ0) is 18.9. The van der Waals surface area contributed by atoms with Gasteiger partial charge < -0.3 is 14.5 Å². The smallest absolute Gasteiger partial charge is 0.410 e. The summed E-state index contributed by atoms with van der Waals surface area (Å²) in [6, 6.07) is 1.66. The Balaban J connectivity index is 1.54. The molecule has 0 aliphatic carbocycles. The van der Waals surface area contributed by atoms with E-state index in [2.05, 4.69) is 10.00 Å². The van der Waals surface area contributed by atoms with E-state index in [1.54, 1.807) is 19.3 Å². The highest BCUT2D eigenvalue weighted by molar-refractivity contribution is 5.68. The van der Waals surface area contributed by atoms with Crippen LogP contribution in [0.1, 0.15) is 46.5 Å². The number of carbonyl (C=O) groups is 1. The lowest BCUT2D eigenvalue weighted by atomic mass is 9.71. The first-order valence-electron chi connectivity index (χ1n) is 9.44. The lowest BCUT2D eigenvalue weighted by Gasteiger charge is -2.47. The van der Waals surface area contributed by atoms with Crippen LogP contribution in [-0.2, 0) is 11.8 Å². The van der Waals surface area contributed by atoms with Crippen molar-refractivity contribution in [3.05, 3.63) is 22.6 Å². The summed E-state index contributed by atoms with van der Waals surface area (Å²) in [5.41, 5.74) is 0.697. The number of likely N-dealkylation sites (tertiary alicyclic amines) is 1. The first kappa shape index (κ1) is 18.7. The van der Waals surface area contributed by atoms with E-state index < -0.39 is 5.60 Å². The van der Waals surface area contributed by atoms with Gasteiger partial charge in [0.15, 0.2) is 0 Å². The van der Waals surface area contributed by atoms with Crippen LogP contribution in [0, 0.1) is 5.41 Å². The SMILES string of the molecule is Cn1ncc(N2CCC3(CCN(C(=O)OC(C)(C)C)CC3)CC2)cc1=O. The summed E-state index contributed by atoms with van der Waals surface area (Å²) in [4.78, 5) is 28.1. The summed E-state index contributed by atoms with van der Waals surface area (Å²) in [5.74, 6) is 0. The molecule has 1 aromatic rings. The fraction of sp³-hybridized carbons (Fsp3) is 0.737. The summed E-state index contributed by atoms with van der Waals surface area (Å²) >= 11 is 0. The maximum absolute atomic E-state index is 12.2. The molecule has 2 aliphatic rings. The standard InChI is InChI=1S/C19H30N4O3/c1-18(2,3)26-17(25)23-11-7-19(8-12-23)5-9-22(10-6-19)15-13-16(24)21(4)20-14-15/h13-14H,5-12H2,1-4H3. The number of hydrogen-bond acceptors (Lipinski definition) is 5. The zero-order valence-corrected chi connectivity index (χ0v) is 16.3. The van der Waals surface area contributed by atoms with Crippen LogP contribution >= 0.6 is 0 Å². The van der Waals surface area contributed by atoms with Crippen LogP contribution in [-0.4, -0.2) is 52.6 Å². The number of rotatable bonds is 1. The molecule has 3 heterocycles. The summed E-state index contributed by atoms with van der Waals surface area (Å²) < 4.78 is 6.84. The number of carbonyl (C=O) groups excluding carboxylic acids is 1. The van der Waals surface area contributed by atoms with E-state index in [9.17, 15) is 9.59 Å². The number of piperidine rings is 2. The predicted molar refractivity (Wildman–Crippen MR) is 100 cm³/mol. The molecule has 0 unspecified atom stereocenters. The fourth-order valence-corrected chi connectivity index (χ4v) is 3.86. The highest BCUT2D eigenvalue weighted by Gasteiger charge is 2.39. The summed E-state index contributed by atoms with van der Waals surface area (Å²) in [7, 11) is 1.66.